The number of nitrogens with one attached hydrogen (secondary N) is 1. The molecule has 5 N–H and O–H groups in total. The first-order valence-corrected chi connectivity index (χ1v) is 10.2. The topological polar surface area (TPSA) is 129 Å². The molecule has 0 aromatic heterocycles. The molecule has 162 valence electrons. The molecule has 2 heterocycles. The van der Waals surface area contributed by atoms with Gasteiger partial charge in [-0.15, -0.1) is 0 Å². The number of carbonyl (C=O) groups excluding carboxylic acids is 2. The summed E-state index contributed by atoms with van der Waals surface area (Å²) in [4.78, 5) is 30.6. The highest BCUT2D eigenvalue weighted by atomic mass is 16.6. The van der Waals surface area contributed by atoms with Gasteiger partial charge in [-0.1, -0.05) is 6.07 Å². The van der Waals surface area contributed by atoms with Crippen molar-refractivity contribution in [2.24, 2.45) is 5.73 Å². The van der Waals surface area contributed by atoms with Crippen LogP contribution in [0, 0.1) is 5.41 Å². The molecule has 0 radical (unpaired) electrons. The number of rotatable bonds is 5. The lowest BCUT2D eigenvalue weighted by molar-refractivity contribution is 0.0552. The van der Waals surface area contributed by atoms with Crippen molar-refractivity contribution in [3.05, 3.63) is 59.7 Å². The number of cyclic esters (lactones) is 1. The summed E-state index contributed by atoms with van der Waals surface area (Å²) in [5, 5.41) is 7.47. The summed E-state index contributed by atoms with van der Waals surface area (Å²) in [6.45, 7) is 3.74. The van der Waals surface area contributed by atoms with Crippen LogP contribution in [-0.4, -0.2) is 73.0 Å². The van der Waals surface area contributed by atoms with Crippen molar-refractivity contribution in [2.45, 2.75) is 6.10 Å². The Labute approximate surface area is 180 Å². The zero-order valence-corrected chi connectivity index (χ0v) is 17.2. The lowest BCUT2D eigenvalue weighted by atomic mass is 10.1. The van der Waals surface area contributed by atoms with Gasteiger partial charge in [0.25, 0.3) is 5.91 Å². The zero-order chi connectivity index (χ0) is 22.0. The van der Waals surface area contributed by atoms with Crippen molar-refractivity contribution in [3.63, 3.8) is 0 Å². The third-order valence-electron chi connectivity index (χ3n) is 5.62. The first-order valence-electron chi connectivity index (χ1n) is 10.2. The van der Waals surface area contributed by atoms with E-state index in [0.29, 0.717) is 43.0 Å². The van der Waals surface area contributed by atoms with E-state index in [0.717, 1.165) is 18.8 Å². The maximum atomic E-state index is 12.7. The van der Waals surface area contributed by atoms with Crippen LogP contribution in [0.2, 0.25) is 0 Å². The van der Waals surface area contributed by atoms with E-state index in [2.05, 4.69) is 4.90 Å². The van der Waals surface area contributed by atoms with Crippen LogP contribution in [0.25, 0.3) is 0 Å². The second-order valence-electron chi connectivity index (χ2n) is 7.80. The van der Waals surface area contributed by atoms with Gasteiger partial charge in [0.2, 0.25) is 0 Å². The van der Waals surface area contributed by atoms with Crippen LogP contribution in [0.1, 0.15) is 15.9 Å². The van der Waals surface area contributed by atoms with E-state index in [1.54, 1.807) is 53.4 Å². The Morgan fingerprint density at radius 3 is 2.42 bits per heavy atom. The Balaban J connectivity index is 1.29. The number of hydrogen-bond donors (Lipinski definition) is 3. The summed E-state index contributed by atoms with van der Waals surface area (Å²) in [7, 11) is 0. The van der Waals surface area contributed by atoms with Gasteiger partial charge >= 0.3 is 6.09 Å². The Hall–Kier alpha value is -3.59. The van der Waals surface area contributed by atoms with Crippen LogP contribution >= 0.6 is 0 Å². The summed E-state index contributed by atoms with van der Waals surface area (Å²) in [6.07, 6.45) is -0.618. The van der Waals surface area contributed by atoms with Crippen LogP contribution in [0.3, 0.4) is 0 Å². The Morgan fingerprint density at radius 1 is 1.06 bits per heavy atom. The van der Waals surface area contributed by atoms with Crippen molar-refractivity contribution < 1.29 is 14.3 Å². The number of hydrogen-bond acceptors (Lipinski definition) is 6. The van der Waals surface area contributed by atoms with E-state index in [1.165, 1.54) is 0 Å². The minimum absolute atomic E-state index is 0.0122. The molecule has 31 heavy (non-hydrogen) atoms. The fourth-order valence-corrected chi connectivity index (χ4v) is 3.92. The summed E-state index contributed by atoms with van der Waals surface area (Å²) in [5.74, 6) is -0.0267. The van der Waals surface area contributed by atoms with Gasteiger partial charge in [-0.05, 0) is 42.5 Å². The molecule has 2 amide bonds. The van der Waals surface area contributed by atoms with Crippen LogP contribution in [-0.2, 0) is 4.74 Å². The van der Waals surface area contributed by atoms with Gasteiger partial charge in [-0.25, -0.2) is 4.79 Å². The monoisotopic (exact) mass is 422 g/mol. The van der Waals surface area contributed by atoms with E-state index < -0.39 is 0 Å². The molecule has 2 fully saturated rings. The molecule has 9 nitrogen and oxygen atoms in total. The molecule has 9 heteroatoms. The van der Waals surface area contributed by atoms with Gasteiger partial charge < -0.3 is 21.1 Å². The summed E-state index contributed by atoms with van der Waals surface area (Å²) in [6, 6.07) is 14.0. The minimum Gasteiger partial charge on any atom is -0.443 e. The number of nitrogens with zero attached hydrogens (tertiary/aromatic N) is 3. The quantitative estimate of drug-likeness (QED) is 0.379. The molecule has 1 atom stereocenters. The molecular weight excluding hydrogens is 396 g/mol. The van der Waals surface area contributed by atoms with Crippen molar-refractivity contribution in [3.8, 4) is 0 Å². The first-order chi connectivity index (χ1) is 14.9. The standard InChI is InChI=1S/C22H26N6O3/c23-17-3-1-2-16(12-17)21(29)27-10-8-26(9-11-27)13-19-14-28(22(30)31-19)18-6-4-15(5-7-18)20(24)25/h1-7,12,19H,8-11,13-14,23H2,(H3,24,25). The first kappa shape index (κ1) is 20.7. The number of piperazine rings is 1. The SMILES string of the molecule is N=C(N)c1ccc(N2CC(CN3CCN(C(=O)c4cccc(N)c4)CC3)OC2=O)cc1. The van der Waals surface area contributed by atoms with Crippen molar-refractivity contribution in [1.82, 2.24) is 9.80 Å². The fourth-order valence-electron chi connectivity index (χ4n) is 3.92. The van der Waals surface area contributed by atoms with E-state index in [-0.39, 0.29) is 23.9 Å². The molecule has 2 aliphatic heterocycles. The molecule has 0 aliphatic carbocycles. The lowest BCUT2D eigenvalue weighted by Crippen LogP contribution is -2.50. The van der Waals surface area contributed by atoms with Crippen molar-refractivity contribution >= 4 is 29.2 Å². The second kappa shape index (κ2) is 8.65. The Kier molecular flexibility index (Phi) is 5.77. The third-order valence-corrected chi connectivity index (χ3v) is 5.62. The highest BCUT2D eigenvalue weighted by molar-refractivity contribution is 5.96. The number of amidine groups is 1. The average molecular weight is 422 g/mol. The average Bonchev–Trinajstić information content (AvgIpc) is 3.13. The molecule has 0 spiro atoms. The maximum absolute atomic E-state index is 12.7. The van der Waals surface area contributed by atoms with Crippen LogP contribution in [0.15, 0.2) is 48.5 Å². The van der Waals surface area contributed by atoms with Crippen molar-refractivity contribution in [1.29, 1.82) is 5.41 Å². The summed E-state index contributed by atoms with van der Waals surface area (Å²) in [5.41, 5.74) is 13.8. The van der Waals surface area contributed by atoms with Gasteiger partial charge in [-0.2, -0.15) is 0 Å². The second-order valence-corrected chi connectivity index (χ2v) is 7.80. The molecule has 1 unspecified atom stereocenters. The number of carbonyl (C=O) groups is 2. The Bertz CT molecular complexity index is 985. The van der Waals surface area contributed by atoms with Gasteiger partial charge in [0.1, 0.15) is 11.9 Å². The minimum atomic E-state index is -0.379. The lowest BCUT2D eigenvalue weighted by Gasteiger charge is -2.35. The van der Waals surface area contributed by atoms with E-state index in [1.807, 2.05) is 4.90 Å². The van der Waals surface area contributed by atoms with Gasteiger partial charge in [0, 0.05) is 55.2 Å². The fraction of sp³-hybridized carbons (Fsp3) is 0.318. The van der Waals surface area contributed by atoms with Crippen LogP contribution < -0.4 is 16.4 Å². The van der Waals surface area contributed by atoms with E-state index >= 15 is 0 Å². The predicted molar refractivity (Wildman–Crippen MR) is 118 cm³/mol. The third kappa shape index (κ3) is 4.61. The molecule has 4 rings (SSSR count). The van der Waals surface area contributed by atoms with Gasteiger partial charge in [-0.3, -0.25) is 20.0 Å². The number of nitrogen functional groups attached to an aromatic ring is 2. The van der Waals surface area contributed by atoms with E-state index in [4.69, 9.17) is 21.6 Å². The summed E-state index contributed by atoms with van der Waals surface area (Å²) < 4.78 is 5.55. The molecular formula is C22H26N6O3. The molecule has 2 aliphatic rings. The number of anilines is 2. The van der Waals surface area contributed by atoms with E-state index in [9.17, 15) is 9.59 Å². The molecule has 2 saturated heterocycles. The zero-order valence-electron chi connectivity index (χ0n) is 17.2. The highest BCUT2D eigenvalue weighted by Crippen LogP contribution is 2.23. The Morgan fingerprint density at radius 2 is 1.77 bits per heavy atom. The van der Waals surface area contributed by atoms with Gasteiger partial charge in [0.05, 0.1) is 6.54 Å². The number of amides is 2. The normalized spacial score (nSPS) is 19.4. The van der Waals surface area contributed by atoms with Gasteiger partial charge in [0.15, 0.2) is 0 Å². The smallest absolute Gasteiger partial charge is 0.414 e. The molecule has 2 aromatic carbocycles. The molecule has 0 bridgehead atoms. The number of ether oxygens (including phenoxy) is 1. The highest BCUT2D eigenvalue weighted by Gasteiger charge is 2.34. The predicted octanol–water partition coefficient (Wildman–Crippen LogP) is 1.34. The van der Waals surface area contributed by atoms with Crippen LogP contribution in [0.5, 0.6) is 0 Å². The largest absolute Gasteiger partial charge is 0.443 e. The van der Waals surface area contributed by atoms with Crippen LogP contribution in [0.4, 0.5) is 16.2 Å². The molecule has 2 aromatic rings. The number of nitrogens with two attached hydrogens (primary N) is 2. The summed E-state index contributed by atoms with van der Waals surface area (Å²) >= 11 is 0. The maximum Gasteiger partial charge on any atom is 0.414 e. The number of benzene rings is 2. The van der Waals surface area contributed by atoms with Crippen molar-refractivity contribution in [2.75, 3.05) is 49.9 Å². The molecule has 0 saturated carbocycles.